The zero-order valence-electron chi connectivity index (χ0n) is 36.8. The maximum absolute atomic E-state index is 14.8. The molecule has 17 heteroatoms. The van der Waals surface area contributed by atoms with Crippen molar-refractivity contribution in [2.45, 2.75) is 128 Å². The maximum Gasteiger partial charge on any atom is 0.410 e. The lowest BCUT2D eigenvalue weighted by atomic mass is 9.83. The summed E-state index contributed by atoms with van der Waals surface area (Å²) < 4.78 is 31.8. The van der Waals surface area contributed by atoms with Crippen LogP contribution in [0.3, 0.4) is 0 Å². The summed E-state index contributed by atoms with van der Waals surface area (Å²) in [6, 6.07) is 4.59. The average Bonchev–Trinajstić information content (AvgIpc) is 3.66. The first-order valence-corrected chi connectivity index (χ1v) is 21.9. The van der Waals surface area contributed by atoms with E-state index in [0.29, 0.717) is 46.1 Å². The molecule has 0 unspecified atom stereocenters. The molecule has 2 aliphatic carbocycles. The second kappa shape index (κ2) is 25.6. The molecular formula is C44H69N5O12. The molecule has 342 valence electrons. The largest absolute Gasteiger partial charge is 0.465 e. The van der Waals surface area contributed by atoms with Gasteiger partial charge in [-0.1, -0.05) is 43.5 Å². The van der Waals surface area contributed by atoms with Gasteiger partial charge in [0.1, 0.15) is 30.3 Å². The van der Waals surface area contributed by atoms with Gasteiger partial charge in [0.05, 0.1) is 58.9 Å². The van der Waals surface area contributed by atoms with Crippen LogP contribution in [0.4, 0.5) is 4.79 Å². The molecule has 1 aliphatic heterocycles. The predicted octanol–water partition coefficient (Wildman–Crippen LogP) is 3.22. The second-order valence-electron chi connectivity index (χ2n) is 17.0. The van der Waals surface area contributed by atoms with Crippen LogP contribution in [0.5, 0.6) is 0 Å². The normalized spacial score (nSPS) is 20.1. The first-order chi connectivity index (χ1) is 29.3. The highest BCUT2D eigenvalue weighted by Crippen LogP contribution is 2.32. The zero-order chi connectivity index (χ0) is 44.2. The van der Waals surface area contributed by atoms with Crippen molar-refractivity contribution in [3.63, 3.8) is 0 Å². The number of nitrogens with zero attached hydrogens (tertiary/aromatic N) is 2. The molecule has 1 saturated carbocycles. The second-order valence-corrected chi connectivity index (χ2v) is 17.0. The van der Waals surface area contributed by atoms with E-state index >= 15 is 0 Å². The van der Waals surface area contributed by atoms with Gasteiger partial charge in [0, 0.05) is 26.1 Å². The number of hydrogen-bond acceptors (Lipinski definition) is 12. The molecule has 1 aromatic carbocycles. The van der Waals surface area contributed by atoms with Crippen LogP contribution in [-0.2, 0) is 58.8 Å². The number of nitrogens with one attached hydrogen (secondary N) is 3. The van der Waals surface area contributed by atoms with Crippen molar-refractivity contribution in [3.8, 4) is 0 Å². The highest BCUT2D eigenvalue weighted by molar-refractivity contribution is 5.94. The molecule has 5 amide bonds. The number of likely N-dealkylation sites (N-methyl/N-ethyl adjacent to an activating group) is 1. The van der Waals surface area contributed by atoms with Crippen molar-refractivity contribution in [1.82, 2.24) is 25.8 Å². The fourth-order valence-corrected chi connectivity index (χ4v) is 7.96. The lowest BCUT2D eigenvalue weighted by Crippen LogP contribution is -2.59. The van der Waals surface area contributed by atoms with Crippen molar-refractivity contribution < 1.29 is 57.2 Å². The van der Waals surface area contributed by atoms with E-state index in [9.17, 15) is 28.8 Å². The van der Waals surface area contributed by atoms with E-state index in [1.54, 1.807) is 27.7 Å². The SMILES string of the molecule is C[C@@H](C(=O)N[C@H](C(=O)N1C[C@@H](NC(=O)CCOCCOCCOCCOCCOC=O)C[C@H]1C(=O)N[C@@H]1CCCc2ccccc21)C1CCCCC1)N(C)C(=O)OC(C)(C)C. The van der Waals surface area contributed by atoms with Gasteiger partial charge >= 0.3 is 6.09 Å². The molecule has 1 aromatic rings. The van der Waals surface area contributed by atoms with Crippen LogP contribution < -0.4 is 16.0 Å². The Labute approximate surface area is 360 Å². The van der Waals surface area contributed by atoms with Crippen LogP contribution >= 0.6 is 0 Å². The fourth-order valence-electron chi connectivity index (χ4n) is 7.96. The first-order valence-electron chi connectivity index (χ1n) is 21.9. The van der Waals surface area contributed by atoms with Crippen LogP contribution in [0.25, 0.3) is 0 Å². The average molecular weight is 860 g/mol. The Bertz CT molecular complexity index is 1570. The van der Waals surface area contributed by atoms with E-state index in [2.05, 4.69) is 26.8 Å². The molecule has 3 aliphatic rings. The van der Waals surface area contributed by atoms with Crippen LogP contribution in [0, 0.1) is 5.92 Å². The minimum Gasteiger partial charge on any atom is -0.465 e. The number of aryl methyl sites for hydroxylation is 1. The Kier molecular flexibility index (Phi) is 20.7. The van der Waals surface area contributed by atoms with Crippen molar-refractivity contribution >= 4 is 36.2 Å². The molecule has 5 atom stereocenters. The Morgan fingerprint density at radius 3 is 2.10 bits per heavy atom. The van der Waals surface area contributed by atoms with Crippen LogP contribution in [0.15, 0.2) is 24.3 Å². The third-order valence-electron chi connectivity index (χ3n) is 11.3. The molecule has 4 rings (SSSR count). The van der Waals surface area contributed by atoms with Gasteiger partial charge in [-0.05, 0) is 83.3 Å². The van der Waals surface area contributed by atoms with Gasteiger partial charge < -0.3 is 49.3 Å². The monoisotopic (exact) mass is 859 g/mol. The predicted molar refractivity (Wildman–Crippen MR) is 224 cm³/mol. The Balaban J connectivity index is 1.36. The Morgan fingerprint density at radius 2 is 1.46 bits per heavy atom. The minimum absolute atomic E-state index is 0.0744. The van der Waals surface area contributed by atoms with E-state index < -0.39 is 41.8 Å². The summed E-state index contributed by atoms with van der Waals surface area (Å²) in [5, 5.41) is 9.25. The third-order valence-corrected chi connectivity index (χ3v) is 11.3. The molecule has 3 N–H and O–H groups in total. The van der Waals surface area contributed by atoms with Gasteiger partial charge in [-0.2, -0.15) is 0 Å². The number of carbonyl (C=O) groups excluding carboxylic acids is 6. The van der Waals surface area contributed by atoms with E-state index in [1.807, 2.05) is 18.2 Å². The van der Waals surface area contributed by atoms with Crippen molar-refractivity contribution in [2.24, 2.45) is 5.92 Å². The molecule has 1 saturated heterocycles. The number of rotatable bonds is 24. The summed E-state index contributed by atoms with van der Waals surface area (Å²) in [5.41, 5.74) is 1.50. The van der Waals surface area contributed by atoms with E-state index in [0.717, 1.165) is 56.9 Å². The molecule has 0 aromatic heterocycles. The molecule has 61 heavy (non-hydrogen) atoms. The lowest BCUT2D eigenvalue weighted by molar-refractivity contribution is -0.143. The molecular weight excluding hydrogens is 791 g/mol. The van der Waals surface area contributed by atoms with Crippen molar-refractivity contribution in [1.29, 1.82) is 0 Å². The van der Waals surface area contributed by atoms with E-state index in [-0.39, 0.29) is 68.9 Å². The summed E-state index contributed by atoms with van der Waals surface area (Å²) in [4.78, 5) is 81.8. The summed E-state index contributed by atoms with van der Waals surface area (Å²) in [5.74, 6) is -1.62. The summed E-state index contributed by atoms with van der Waals surface area (Å²) >= 11 is 0. The molecule has 0 radical (unpaired) electrons. The lowest BCUT2D eigenvalue weighted by Gasteiger charge is -2.36. The minimum atomic E-state index is -0.939. The van der Waals surface area contributed by atoms with Crippen LogP contribution in [0.2, 0.25) is 0 Å². The summed E-state index contributed by atoms with van der Waals surface area (Å²) in [6.07, 6.45) is 6.53. The van der Waals surface area contributed by atoms with Crippen LogP contribution in [-0.4, -0.2) is 149 Å². The smallest absolute Gasteiger partial charge is 0.410 e. The van der Waals surface area contributed by atoms with E-state index in [4.69, 9.17) is 23.7 Å². The van der Waals surface area contributed by atoms with Crippen LogP contribution in [0.1, 0.15) is 103 Å². The maximum atomic E-state index is 14.8. The number of likely N-dealkylation sites (tertiary alicyclic amines) is 1. The number of ether oxygens (including phenoxy) is 6. The van der Waals surface area contributed by atoms with E-state index in [1.165, 1.54) is 22.4 Å². The third kappa shape index (κ3) is 16.5. The number of fused-ring (bicyclic) bond motifs is 1. The molecule has 1 heterocycles. The van der Waals surface area contributed by atoms with Gasteiger partial charge in [0.15, 0.2) is 0 Å². The quantitative estimate of drug-likeness (QED) is 0.102. The van der Waals surface area contributed by atoms with Gasteiger partial charge in [-0.3, -0.25) is 28.9 Å². The number of carbonyl (C=O) groups is 6. The topological polar surface area (TPSA) is 200 Å². The highest BCUT2D eigenvalue weighted by atomic mass is 16.6. The first kappa shape index (κ1) is 49.3. The number of amides is 5. The van der Waals surface area contributed by atoms with Gasteiger partial charge in [0.25, 0.3) is 6.47 Å². The van der Waals surface area contributed by atoms with Crippen molar-refractivity contribution in [2.75, 3.05) is 73.1 Å². The Morgan fingerprint density at radius 1 is 0.836 bits per heavy atom. The van der Waals surface area contributed by atoms with Gasteiger partial charge in [-0.15, -0.1) is 0 Å². The standard InChI is InChI=1S/C44H69N5O12/c1-31(48(5)43(55)61-44(2,3)4)40(52)47-39(33-13-7-6-8-14-33)42(54)49-29-34(28-37(49)41(53)46-36-17-11-15-32-12-9-10-16-35(32)36)45-38(51)18-19-56-20-21-57-22-23-58-24-25-59-26-27-60-30-50/h9-10,12,16,30-31,33-34,36-37,39H,6-8,11,13-15,17-29H2,1-5H3,(H,45,51)(H,46,53)(H,47,52)/t31-,34-,36+,37-,39-/m0/s1. The highest BCUT2D eigenvalue weighted by Gasteiger charge is 2.45. The van der Waals surface area contributed by atoms with Crippen molar-refractivity contribution in [3.05, 3.63) is 35.4 Å². The molecule has 0 spiro atoms. The van der Waals surface area contributed by atoms with Gasteiger partial charge in [-0.25, -0.2) is 4.79 Å². The molecule has 2 fully saturated rings. The summed E-state index contributed by atoms with van der Waals surface area (Å²) in [7, 11) is 1.49. The molecule has 17 nitrogen and oxygen atoms in total. The molecule has 0 bridgehead atoms. The Hall–Kier alpha value is -4.32. The fraction of sp³-hybridized carbons (Fsp3) is 0.727. The number of benzene rings is 1. The zero-order valence-corrected chi connectivity index (χ0v) is 36.8. The number of hydrogen-bond donors (Lipinski definition) is 3. The van der Waals surface area contributed by atoms with Gasteiger partial charge in [0.2, 0.25) is 23.6 Å². The summed E-state index contributed by atoms with van der Waals surface area (Å²) in [6.45, 7) is 10.1.